The molecule has 4 heteroatoms. The van der Waals surface area contributed by atoms with Crippen molar-refractivity contribution in [3.8, 4) is 0 Å². The molecule has 1 fully saturated rings. The van der Waals surface area contributed by atoms with Gasteiger partial charge in [0, 0.05) is 61.4 Å². The highest BCUT2D eigenvalue weighted by atomic mass is 15.3. The van der Waals surface area contributed by atoms with E-state index in [1.54, 1.807) is 0 Å². The molecule has 0 saturated carbocycles. The van der Waals surface area contributed by atoms with Crippen LogP contribution < -0.4 is 10.2 Å². The number of nitrogens with one attached hydrogen (secondary N) is 1. The van der Waals surface area contributed by atoms with Gasteiger partial charge in [0.1, 0.15) is 0 Å². The zero-order valence-electron chi connectivity index (χ0n) is 13.5. The third-order valence-electron chi connectivity index (χ3n) is 4.03. The van der Waals surface area contributed by atoms with Gasteiger partial charge in [-0.1, -0.05) is 0 Å². The van der Waals surface area contributed by atoms with Gasteiger partial charge in [-0.2, -0.15) is 0 Å². The third-order valence-corrected chi connectivity index (χ3v) is 4.03. The highest BCUT2D eigenvalue weighted by Gasteiger charge is 2.26. The zero-order valence-corrected chi connectivity index (χ0v) is 13.5. The molecule has 0 atom stereocenters. The Balaban J connectivity index is 2.12. The monoisotopic (exact) mass is 276 g/mol. The molecular formula is C16H28N4. The molecule has 1 aliphatic rings. The molecule has 2 heterocycles. The van der Waals surface area contributed by atoms with Gasteiger partial charge >= 0.3 is 0 Å². The van der Waals surface area contributed by atoms with E-state index in [2.05, 4.69) is 53.9 Å². The van der Waals surface area contributed by atoms with Gasteiger partial charge < -0.3 is 10.2 Å². The predicted molar refractivity (Wildman–Crippen MR) is 85.3 cm³/mol. The average Bonchev–Trinajstić information content (AvgIpc) is 2.40. The van der Waals surface area contributed by atoms with E-state index in [4.69, 9.17) is 0 Å². The average molecular weight is 276 g/mol. The van der Waals surface area contributed by atoms with Crippen LogP contribution in [0.5, 0.6) is 0 Å². The van der Waals surface area contributed by atoms with Crippen LogP contribution in [0.1, 0.15) is 32.0 Å². The first-order valence-corrected chi connectivity index (χ1v) is 7.52. The maximum Gasteiger partial charge on any atom is 0.0446 e. The first-order valence-electron chi connectivity index (χ1n) is 7.52. The van der Waals surface area contributed by atoms with Crippen LogP contribution in [-0.4, -0.2) is 48.6 Å². The number of aryl methyl sites for hydroxylation is 1. The summed E-state index contributed by atoms with van der Waals surface area (Å²) in [5.41, 5.74) is 4.01. The number of piperazine rings is 1. The first-order chi connectivity index (χ1) is 9.41. The second kappa shape index (κ2) is 6.10. The van der Waals surface area contributed by atoms with Gasteiger partial charge in [-0.05, 0) is 40.8 Å². The summed E-state index contributed by atoms with van der Waals surface area (Å²) in [7, 11) is 1.99. The standard InChI is InChI=1S/C16H28N4/c1-13-10-15(14(11-17-5)12-18-13)19-6-8-20(9-7-19)16(2,3)4/h10,12,17H,6-9,11H2,1-5H3. The first kappa shape index (κ1) is 15.3. The van der Waals surface area contributed by atoms with Gasteiger partial charge in [0.25, 0.3) is 0 Å². The number of hydrogen-bond acceptors (Lipinski definition) is 4. The lowest BCUT2D eigenvalue weighted by atomic mass is 10.0. The van der Waals surface area contributed by atoms with Crippen LogP contribution in [0, 0.1) is 6.92 Å². The van der Waals surface area contributed by atoms with Gasteiger partial charge in [-0.25, -0.2) is 0 Å². The van der Waals surface area contributed by atoms with Crippen molar-refractivity contribution in [2.45, 2.75) is 39.8 Å². The minimum atomic E-state index is 0.272. The van der Waals surface area contributed by atoms with Crippen LogP contribution in [0.15, 0.2) is 12.3 Å². The summed E-state index contributed by atoms with van der Waals surface area (Å²) in [4.78, 5) is 9.50. The van der Waals surface area contributed by atoms with E-state index in [1.807, 2.05) is 13.2 Å². The second-order valence-corrected chi connectivity index (χ2v) is 6.63. The summed E-state index contributed by atoms with van der Waals surface area (Å²) in [6.07, 6.45) is 2.01. The van der Waals surface area contributed by atoms with E-state index in [1.165, 1.54) is 11.3 Å². The molecule has 0 aliphatic carbocycles. The Kier molecular flexibility index (Phi) is 4.66. The van der Waals surface area contributed by atoms with Gasteiger partial charge in [-0.15, -0.1) is 0 Å². The van der Waals surface area contributed by atoms with Crippen LogP contribution in [0.25, 0.3) is 0 Å². The third kappa shape index (κ3) is 3.49. The molecule has 0 aromatic carbocycles. The number of aromatic nitrogens is 1. The fourth-order valence-electron chi connectivity index (χ4n) is 2.81. The van der Waals surface area contributed by atoms with Crippen molar-refractivity contribution < 1.29 is 0 Å². The lowest BCUT2D eigenvalue weighted by Gasteiger charge is -2.43. The summed E-state index contributed by atoms with van der Waals surface area (Å²) in [5.74, 6) is 0. The Morgan fingerprint density at radius 1 is 1.20 bits per heavy atom. The molecular weight excluding hydrogens is 248 g/mol. The van der Waals surface area contributed by atoms with E-state index in [-0.39, 0.29) is 5.54 Å². The van der Waals surface area contributed by atoms with E-state index in [9.17, 15) is 0 Å². The number of nitrogens with zero attached hydrogens (tertiary/aromatic N) is 3. The fourth-order valence-corrected chi connectivity index (χ4v) is 2.81. The molecule has 2 rings (SSSR count). The maximum absolute atomic E-state index is 4.43. The lowest BCUT2D eigenvalue weighted by molar-refractivity contribution is 0.128. The van der Waals surface area contributed by atoms with Crippen molar-refractivity contribution >= 4 is 5.69 Å². The van der Waals surface area contributed by atoms with Crippen molar-refractivity contribution in [1.82, 2.24) is 15.2 Å². The van der Waals surface area contributed by atoms with Crippen LogP contribution in [0.2, 0.25) is 0 Å². The molecule has 0 bridgehead atoms. The molecule has 1 aliphatic heterocycles. The number of pyridine rings is 1. The van der Waals surface area contributed by atoms with Gasteiger partial charge in [-0.3, -0.25) is 9.88 Å². The van der Waals surface area contributed by atoms with Crippen molar-refractivity contribution in [2.24, 2.45) is 0 Å². The van der Waals surface area contributed by atoms with Crippen molar-refractivity contribution in [1.29, 1.82) is 0 Å². The summed E-state index contributed by atoms with van der Waals surface area (Å²) in [6, 6.07) is 2.22. The molecule has 1 aromatic rings. The minimum absolute atomic E-state index is 0.272. The molecule has 20 heavy (non-hydrogen) atoms. The highest BCUT2D eigenvalue weighted by molar-refractivity contribution is 5.54. The number of rotatable bonds is 3. The molecule has 1 saturated heterocycles. The molecule has 1 N–H and O–H groups in total. The minimum Gasteiger partial charge on any atom is -0.369 e. The van der Waals surface area contributed by atoms with Crippen LogP contribution in [0.4, 0.5) is 5.69 Å². The Morgan fingerprint density at radius 3 is 2.40 bits per heavy atom. The van der Waals surface area contributed by atoms with E-state index in [0.717, 1.165) is 38.4 Å². The van der Waals surface area contributed by atoms with E-state index >= 15 is 0 Å². The maximum atomic E-state index is 4.43. The Bertz CT molecular complexity index is 442. The SMILES string of the molecule is CNCc1cnc(C)cc1N1CCN(C(C)(C)C)CC1. The van der Waals surface area contributed by atoms with Gasteiger partial charge in [0.15, 0.2) is 0 Å². The van der Waals surface area contributed by atoms with Crippen molar-refractivity contribution in [3.63, 3.8) is 0 Å². The Morgan fingerprint density at radius 2 is 1.85 bits per heavy atom. The van der Waals surface area contributed by atoms with Crippen LogP contribution in [-0.2, 0) is 6.54 Å². The van der Waals surface area contributed by atoms with E-state index < -0.39 is 0 Å². The summed E-state index contributed by atoms with van der Waals surface area (Å²) >= 11 is 0. The molecule has 1 aromatic heterocycles. The lowest BCUT2D eigenvalue weighted by Crippen LogP contribution is -2.53. The molecule has 4 nitrogen and oxygen atoms in total. The largest absolute Gasteiger partial charge is 0.369 e. The summed E-state index contributed by atoms with van der Waals surface area (Å²) in [6.45, 7) is 14.3. The number of hydrogen-bond donors (Lipinski definition) is 1. The molecule has 0 unspecified atom stereocenters. The smallest absolute Gasteiger partial charge is 0.0446 e. The summed E-state index contributed by atoms with van der Waals surface area (Å²) < 4.78 is 0. The summed E-state index contributed by atoms with van der Waals surface area (Å²) in [5, 5.41) is 3.24. The Labute approximate surface area is 123 Å². The van der Waals surface area contributed by atoms with Crippen LogP contribution >= 0.6 is 0 Å². The van der Waals surface area contributed by atoms with Crippen molar-refractivity contribution in [2.75, 3.05) is 38.1 Å². The Hall–Kier alpha value is -1.13. The normalized spacial score (nSPS) is 17.6. The van der Waals surface area contributed by atoms with Crippen molar-refractivity contribution in [3.05, 3.63) is 23.5 Å². The topological polar surface area (TPSA) is 31.4 Å². The molecule has 112 valence electrons. The fraction of sp³-hybridized carbons (Fsp3) is 0.688. The quantitative estimate of drug-likeness (QED) is 0.915. The number of anilines is 1. The predicted octanol–water partition coefficient (Wildman–Crippen LogP) is 2.03. The molecule has 0 radical (unpaired) electrons. The molecule has 0 spiro atoms. The molecule has 0 amide bonds. The van der Waals surface area contributed by atoms with Gasteiger partial charge in [0.05, 0.1) is 0 Å². The zero-order chi connectivity index (χ0) is 14.8. The van der Waals surface area contributed by atoms with Crippen LogP contribution in [0.3, 0.4) is 0 Å². The van der Waals surface area contributed by atoms with Gasteiger partial charge in [0.2, 0.25) is 0 Å². The second-order valence-electron chi connectivity index (χ2n) is 6.63. The highest BCUT2D eigenvalue weighted by Crippen LogP contribution is 2.24. The van der Waals surface area contributed by atoms with E-state index in [0.29, 0.717) is 0 Å².